The molecule has 76 valence electrons. The zero-order valence-corrected chi connectivity index (χ0v) is 8.08. The SMILES string of the molecule is CON(C)C(=O)NC1CCCOC1. The first-order valence-electron chi connectivity index (χ1n) is 4.40. The molecule has 5 nitrogen and oxygen atoms in total. The van der Waals surface area contributed by atoms with E-state index in [0.29, 0.717) is 6.61 Å². The molecule has 1 heterocycles. The molecule has 0 spiro atoms. The van der Waals surface area contributed by atoms with Crippen LogP contribution in [0.3, 0.4) is 0 Å². The Labute approximate surface area is 77.9 Å². The third kappa shape index (κ3) is 3.20. The summed E-state index contributed by atoms with van der Waals surface area (Å²) in [5.41, 5.74) is 0. The van der Waals surface area contributed by atoms with Gasteiger partial charge < -0.3 is 10.1 Å². The van der Waals surface area contributed by atoms with Crippen LogP contribution in [-0.4, -0.2) is 44.5 Å². The molecule has 1 aliphatic rings. The summed E-state index contributed by atoms with van der Waals surface area (Å²) in [6, 6.07) is -0.100. The predicted molar refractivity (Wildman–Crippen MR) is 47.1 cm³/mol. The zero-order valence-electron chi connectivity index (χ0n) is 8.08. The summed E-state index contributed by atoms with van der Waals surface area (Å²) in [4.78, 5) is 16.0. The van der Waals surface area contributed by atoms with Gasteiger partial charge in [0.2, 0.25) is 0 Å². The number of amides is 2. The Balaban J connectivity index is 2.26. The minimum Gasteiger partial charge on any atom is -0.379 e. The van der Waals surface area contributed by atoms with Crippen molar-refractivity contribution in [3.8, 4) is 0 Å². The van der Waals surface area contributed by atoms with Crippen molar-refractivity contribution >= 4 is 6.03 Å². The number of hydrogen-bond acceptors (Lipinski definition) is 3. The van der Waals surface area contributed by atoms with Crippen LogP contribution in [0, 0.1) is 0 Å². The average Bonchev–Trinajstić information content (AvgIpc) is 2.18. The highest BCUT2D eigenvalue weighted by molar-refractivity contribution is 5.73. The maximum Gasteiger partial charge on any atom is 0.341 e. The van der Waals surface area contributed by atoms with Gasteiger partial charge in [-0.15, -0.1) is 0 Å². The van der Waals surface area contributed by atoms with E-state index in [9.17, 15) is 4.79 Å². The van der Waals surface area contributed by atoms with Gasteiger partial charge in [-0.3, -0.25) is 4.84 Å². The Morgan fingerprint density at radius 1 is 1.69 bits per heavy atom. The van der Waals surface area contributed by atoms with Gasteiger partial charge in [0.15, 0.2) is 0 Å². The van der Waals surface area contributed by atoms with Gasteiger partial charge in [-0.1, -0.05) is 0 Å². The van der Waals surface area contributed by atoms with Gasteiger partial charge in [-0.2, -0.15) is 0 Å². The number of carbonyl (C=O) groups excluding carboxylic acids is 1. The van der Waals surface area contributed by atoms with E-state index in [0.717, 1.165) is 24.5 Å². The molecule has 1 aliphatic heterocycles. The van der Waals surface area contributed by atoms with E-state index in [1.54, 1.807) is 7.05 Å². The third-order valence-corrected chi connectivity index (χ3v) is 2.05. The van der Waals surface area contributed by atoms with Crippen LogP contribution in [0.15, 0.2) is 0 Å². The highest BCUT2D eigenvalue weighted by atomic mass is 16.7. The van der Waals surface area contributed by atoms with Crippen LogP contribution in [0.1, 0.15) is 12.8 Å². The van der Waals surface area contributed by atoms with E-state index in [1.807, 2.05) is 0 Å². The Morgan fingerprint density at radius 2 is 2.46 bits per heavy atom. The molecule has 5 heteroatoms. The fourth-order valence-corrected chi connectivity index (χ4v) is 1.20. The Kier molecular flexibility index (Phi) is 3.98. The summed E-state index contributed by atoms with van der Waals surface area (Å²) >= 11 is 0. The average molecular weight is 188 g/mol. The number of nitrogens with zero attached hydrogens (tertiary/aromatic N) is 1. The molecule has 2 amide bonds. The first kappa shape index (κ1) is 10.3. The van der Waals surface area contributed by atoms with Gasteiger partial charge in [0.05, 0.1) is 19.8 Å². The minimum atomic E-state index is -0.224. The van der Waals surface area contributed by atoms with E-state index in [1.165, 1.54) is 7.11 Å². The van der Waals surface area contributed by atoms with Crippen LogP contribution >= 0.6 is 0 Å². The van der Waals surface area contributed by atoms with Gasteiger partial charge in [-0.25, -0.2) is 9.86 Å². The van der Waals surface area contributed by atoms with Crippen molar-refractivity contribution in [3.63, 3.8) is 0 Å². The van der Waals surface area contributed by atoms with E-state index in [4.69, 9.17) is 9.57 Å². The molecule has 1 fully saturated rings. The molecule has 0 aromatic carbocycles. The van der Waals surface area contributed by atoms with Crippen LogP contribution in [-0.2, 0) is 9.57 Å². The minimum absolute atomic E-state index is 0.124. The monoisotopic (exact) mass is 188 g/mol. The quantitative estimate of drug-likeness (QED) is 0.637. The van der Waals surface area contributed by atoms with E-state index in [2.05, 4.69) is 5.32 Å². The third-order valence-electron chi connectivity index (χ3n) is 2.05. The first-order chi connectivity index (χ1) is 6.24. The Morgan fingerprint density at radius 3 is 3.00 bits per heavy atom. The Bertz CT molecular complexity index is 169. The summed E-state index contributed by atoms with van der Waals surface area (Å²) in [6.07, 6.45) is 1.98. The normalized spacial score (nSPS) is 22.5. The standard InChI is InChI=1S/C8H16N2O3/c1-10(12-2)8(11)9-7-4-3-5-13-6-7/h7H,3-6H2,1-2H3,(H,9,11). The number of nitrogens with one attached hydrogen (secondary N) is 1. The molecule has 1 atom stereocenters. The lowest BCUT2D eigenvalue weighted by atomic mass is 10.1. The van der Waals surface area contributed by atoms with Crippen molar-refractivity contribution in [1.82, 2.24) is 10.4 Å². The lowest BCUT2D eigenvalue weighted by Gasteiger charge is -2.25. The van der Waals surface area contributed by atoms with Crippen molar-refractivity contribution in [2.45, 2.75) is 18.9 Å². The molecule has 1 rings (SSSR count). The second-order valence-electron chi connectivity index (χ2n) is 3.04. The summed E-state index contributed by atoms with van der Waals surface area (Å²) in [6.45, 7) is 1.40. The fourth-order valence-electron chi connectivity index (χ4n) is 1.20. The molecule has 0 aromatic heterocycles. The van der Waals surface area contributed by atoms with E-state index in [-0.39, 0.29) is 12.1 Å². The van der Waals surface area contributed by atoms with Crippen molar-refractivity contribution in [3.05, 3.63) is 0 Å². The molecule has 0 aromatic rings. The maximum absolute atomic E-state index is 11.3. The highest BCUT2D eigenvalue weighted by Gasteiger charge is 2.17. The van der Waals surface area contributed by atoms with Gasteiger partial charge in [0, 0.05) is 13.7 Å². The molecule has 0 radical (unpaired) electrons. The molecule has 13 heavy (non-hydrogen) atoms. The molecule has 1 unspecified atom stereocenters. The van der Waals surface area contributed by atoms with Crippen LogP contribution in [0.5, 0.6) is 0 Å². The smallest absolute Gasteiger partial charge is 0.341 e. The largest absolute Gasteiger partial charge is 0.379 e. The van der Waals surface area contributed by atoms with Gasteiger partial charge >= 0.3 is 6.03 Å². The van der Waals surface area contributed by atoms with Crippen molar-refractivity contribution in [2.75, 3.05) is 27.4 Å². The lowest BCUT2D eigenvalue weighted by molar-refractivity contribution is -0.0670. The number of ether oxygens (including phenoxy) is 1. The summed E-state index contributed by atoms with van der Waals surface area (Å²) in [5.74, 6) is 0. The molecular formula is C8H16N2O3. The lowest BCUT2D eigenvalue weighted by Crippen LogP contribution is -2.46. The summed E-state index contributed by atoms with van der Waals surface area (Å²) in [7, 11) is 3.02. The number of hydroxylamine groups is 2. The molecule has 1 saturated heterocycles. The van der Waals surface area contributed by atoms with Crippen molar-refractivity contribution in [2.24, 2.45) is 0 Å². The molecular weight excluding hydrogens is 172 g/mol. The van der Waals surface area contributed by atoms with E-state index < -0.39 is 0 Å². The molecule has 0 aliphatic carbocycles. The van der Waals surface area contributed by atoms with Crippen LogP contribution in [0.25, 0.3) is 0 Å². The number of carbonyl (C=O) groups is 1. The Hall–Kier alpha value is -0.810. The van der Waals surface area contributed by atoms with Gasteiger partial charge in [0.25, 0.3) is 0 Å². The second kappa shape index (κ2) is 5.04. The molecule has 0 bridgehead atoms. The molecule has 1 N–H and O–H groups in total. The van der Waals surface area contributed by atoms with Gasteiger partial charge in [-0.05, 0) is 12.8 Å². The first-order valence-corrected chi connectivity index (χ1v) is 4.40. The fraction of sp³-hybridized carbons (Fsp3) is 0.875. The highest BCUT2D eigenvalue weighted by Crippen LogP contribution is 2.05. The number of hydrogen-bond donors (Lipinski definition) is 1. The predicted octanol–water partition coefficient (Wildman–Crippen LogP) is 0.368. The topological polar surface area (TPSA) is 50.8 Å². The second-order valence-corrected chi connectivity index (χ2v) is 3.04. The van der Waals surface area contributed by atoms with Crippen LogP contribution in [0.4, 0.5) is 4.79 Å². The molecule has 0 saturated carbocycles. The van der Waals surface area contributed by atoms with Gasteiger partial charge in [0.1, 0.15) is 0 Å². The van der Waals surface area contributed by atoms with Crippen LogP contribution in [0.2, 0.25) is 0 Å². The number of rotatable bonds is 2. The van der Waals surface area contributed by atoms with E-state index >= 15 is 0 Å². The van der Waals surface area contributed by atoms with Crippen LogP contribution < -0.4 is 5.32 Å². The van der Waals surface area contributed by atoms with Crippen molar-refractivity contribution < 1.29 is 14.4 Å². The summed E-state index contributed by atoms with van der Waals surface area (Å²) in [5, 5.41) is 3.97. The maximum atomic E-state index is 11.3. The van der Waals surface area contributed by atoms with Crippen molar-refractivity contribution in [1.29, 1.82) is 0 Å². The summed E-state index contributed by atoms with van der Waals surface area (Å²) < 4.78 is 5.22. The number of urea groups is 1. The zero-order chi connectivity index (χ0) is 9.68.